The molecular formula is C5H13N3O. The molecule has 54 valence electrons. The van der Waals surface area contributed by atoms with Gasteiger partial charge in [-0.15, -0.1) is 0 Å². The lowest BCUT2D eigenvalue weighted by Gasteiger charge is -2.04. The van der Waals surface area contributed by atoms with Crippen LogP contribution in [0.1, 0.15) is 0 Å². The molecule has 0 heterocycles. The van der Waals surface area contributed by atoms with Crippen molar-refractivity contribution < 1.29 is 4.74 Å². The van der Waals surface area contributed by atoms with E-state index in [1.807, 2.05) is 0 Å². The van der Waals surface area contributed by atoms with Gasteiger partial charge in [-0.05, 0) is 0 Å². The van der Waals surface area contributed by atoms with Crippen LogP contribution < -0.4 is 11.5 Å². The number of hydrogen-bond donors (Lipinski definition) is 2. The molecule has 4 N–H and O–H groups in total. The van der Waals surface area contributed by atoms with Crippen LogP contribution in [0.25, 0.3) is 0 Å². The SMILES string of the molecule is COCC(N)CN=CN. The normalized spacial score (nSPS) is 14.4. The van der Waals surface area contributed by atoms with Gasteiger partial charge in [0.25, 0.3) is 0 Å². The minimum absolute atomic E-state index is 0.0326. The second-order valence-corrected chi connectivity index (χ2v) is 1.73. The topological polar surface area (TPSA) is 73.6 Å². The monoisotopic (exact) mass is 131 g/mol. The smallest absolute Gasteiger partial charge is 0.0798 e. The highest BCUT2D eigenvalue weighted by Gasteiger charge is 1.96. The van der Waals surface area contributed by atoms with Gasteiger partial charge in [0.05, 0.1) is 19.5 Å². The Kier molecular flexibility index (Phi) is 5.15. The Balaban J connectivity index is 3.15. The summed E-state index contributed by atoms with van der Waals surface area (Å²) in [7, 11) is 1.60. The molecule has 9 heavy (non-hydrogen) atoms. The minimum Gasteiger partial charge on any atom is -0.390 e. The molecule has 0 fully saturated rings. The maximum Gasteiger partial charge on any atom is 0.0798 e. The third kappa shape index (κ3) is 5.26. The van der Waals surface area contributed by atoms with Gasteiger partial charge in [0, 0.05) is 13.2 Å². The molecule has 0 aromatic rings. The van der Waals surface area contributed by atoms with Crippen LogP contribution in [0, 0.1) is 0 Å². The maximum atomic E-state index is 5.48. The number of rotatable bonds is 4. The first-order valence-corrected chi connectivity index (χ1v) is 2.75. The van der Waals surface area contributed by atoms with Crippen molar-refractivity contribution in [1.82, 2.24) is 0 Å². The summed E-state index contributed by atoms with van der Waals surface area (Å²) in [5, 5.41) is 0. The van der Waals surface area contributed by atoms with Crippen LogP contribution in [0.4, 0.5) is 0 Å². The predicted octanol–water partition coefficient (Wildman–Crippen LogP) is -1.05. The van der Waals surface area contributed by atoms with Gasteiger partial charge in [0.2, 0.25) is 0 Å². The fraction of sp³-hybridized carbons (Fsp3) is 0.800. The van der Waals surface area contributed by atoms with E-state index in [0.717, 1.165) is 0 Å². The van der Waals surface area contributed by atoms with E-state index in [0.29, 0.717) is 13.2 Å². The number of ether oxygens (including phenoxy) is 1. The Hall–Kier alpha value is -0.610. The predicted molar refractivity (Wildman–Crippen MR) is 37.4 cm³/mol. The fourth-order valence-corrected chi connectivity index (χ4v) is 0.463. The first-order chi connectivity index (χ1) is 4.31. The van der Waals surface area contributed by atoms with Crippen LogP contribution in [-0.4, -0.2) is 32.6 Å². The van der Waals surface area contributed by atoms with E-state index in [1.54, 1.807) is 7.11 Å². The van der Waals surface area contributed by atoms with Crippen LogP contribution in [-0.2, 0) is 4.74 Å². The molecule has 0 aromatic heterocycles. The maximum absolute atomic E-state index is 5.48. The summed E-state index contributed by atoms with van der Waals surface area (Å²) < 4.78 is 4.76. The van der Waals surface area contributed by atoms with Gasteiger partial charge in [-0.25, -0.2) is 0 Å². The minimum atomic E-state index is -0.0326. The van der Waals surface area contributed by atoms with E-state index in [-0.39, 0.29) is 6.04 Å². The van der Waals surface area contributed by atoms with Gasteiger partial charge in [-0.3, -0.25) is 4.99 Å². The standard InChI is InChI=1S/C5H13N3O/c1-9-3-5(7)2-8-4-6/h4-5H,2-3,7H2,1H3,(H2,6,8). The molecule has 1 unspecified atom stereocenters. The summed E-state index contributed by atoms with van der Waals surface area (Å²) in [6, 6.07) is -0.0326. The summed E-state index contributed by atoms with van der Waals surface area (Å²) >= 11 is 0. The lowest BCUT2D eigenvalue weighted by Crippen LogP contribution is -2.28. The molecule has 1 atom stereocenters. The molecule has 0 bridgehead atoms. The van der Waals surface area contributed by atoms with Crippen molar-refractivity contribution in [1.29, 1.82) is 0 Å². The van der Waals surface area contributed by atoms with Crippen molar-refractivity contribution in [3.05, 3.63) is 0 Å². The van der Waals surface area contributed by atoms with E-state index < -0.39 is 0 Å². The zero-order valence-corrected chi connectivity index (χ0v) is 5.58. The van der Waals surface area contributed by atoms with Crippen LogP contribution in [0.5, 0.6) is 0 Å². The molecule has 0 saturated heterocycles. The number of nitrogens with zero attached hydrogens (tertiary/aromatic N) is 1. The van der Waals surface area contributed by atoms with Gasteiger partial charge in [-0.1, -0.05) is 0 Å². The van der Waals surface area contributed by atoms with Crippen molar-refractivity contribution >= 4 is 6.34 Å². The fourth-order valence-electron chi connectivity index (χ4n) is 0.463. The highest BCUT2D eigenvalue weighted by atomic mass is 16.5. The highest BCUT2D eigenvalue weighted by Crippen LogP contribution is 1.78. The zero-order valence-electron chi connectivity index (χ0n) is 5.58. The first-order valence-electron chi connectivity index (χ1n) is 2.75. The van der Waals surface area contributed by atoms with Crippen LogP contribution in [0.15, 0.2) is 4.99 Å². The molecule has 4 heteroatoms. The van der Waals surface area contributed by atoms with Crippen LogP contribution in [0.3, 0.4) is 0 Å². The van der Waals surface area contributed by atoms with E-state index in [9.17, 15) is 0 Å². The van der Waals surface area contributed by atoms with Crippen LogP contribution in [0.2, 0.25) is 0 Å². The molecule has 0 spiro atoms. The van der Waals surface area contributed by atoms with E-state index >= 15 is 0 Å². The molecule has 0 aliphatic carbocycles. The number of nitrogens with two attached hydrogens (primary N) is 2. The van der Waals surface area contributed by atoms with Crippen molar-refractivity contribution in [3.8, 4) is 0 Å². The molecule has 0 aromatic carbocycles. The average molecular weight is 131 g/mol. The summed E-state index contributed by atoms with van der Waals surface area (Å²) in [4.78, 5) is 3.74. The van der Waals surface area contributed by atoms with E-state index in [1.165, 1.54) is 6.34 Å². The summed E-state index contributed by atoms with van der Waals surface area (Å²) in [6.45, 7) is 1.06. The molecular weight excluding hydrogens is 118 g/mol. The highest BCUT2D eigenvalue weighted by molar-refractivity contribution is 5.51. The Morgan fingerprint density at radius 1 is 1.78 bits per heavy atom. The molecule has 0 aliphatic heterocycles. The quantitative estimate of drug-likeness (QED) is 0.377. The number of aliphatic imine (C=N–C) groups is 1. The lowest BCUT2D eigenvalue weighted by atomic mass is 10.3. The first kappa shape index (κ1) is 8.39. The number of hydrogen-bond acceptors (Lipinski definition) is 3. The van der Waals surface area contributed by atoms with Crippen molar-refractivity contribution in [3.63, 3.8) is 0 Å². The third-order valence-electron chi connectivity index (χ3n) is 0.826. The molecule has 0 rings (SSSR count). The third-order valence-corrected chi connectivity index (χ3v) is 0.826. The molecule has 0 radical (unpaired) electrons. The van der Waals surface area contributed by atoms with E-state index in [4.69, 9.17) is 16.2 Å². The van der Waals surface area contributed by atoms with Crippen LogP contribution >= 0.6 is 0 Å². The lowest BCUT2D eigenvalue weighted by molar-refractivity contribution is 0.182. The van der Waals surface area contributed by atoms with Crippen molar-refractivity contribution in [2.75, 3.05) is 20.3 Å². The van der Waals surface area contributed by atoms with Gasteiger partial charge in [0.1, 0.15) is 0 Å². The Labute approximate surface area is 54.9 Å². The largest absolute Gasteiger partial charge is 0.390 e. The molecule has 0 saturated carbocycles. The van der Waals surface area contributed by atoms with Crippen molar-refractivity contribution in [2.24, 2.45) is 16.5 Å². The van der Waals surface area contributed by atoms with Gasteiger partial charge < -0.3 is 16.2 Å². The Bertz CT molecular complexity index is 84.3. The molecule has 0 amide bonds. The van der Waals surface area contributed by atoms with Gasteiger partial charge >= 0.3 is 0 Å². The Morgan fingerprint density at radius 2 is 2.44 bits per heavy atom. The summed E-state index contributed by atoms with van der Waals surface area (Å²) in [6.07, 6.45) is 1.25. The van der Waals surface area contributed by atoms with Gasteiger partial charge in [-0.2, -0.15) is 0 Å². The summed E-state index contributed by atoms with van der Waals surface area (Å²) in [5.41, 5.74) is 10.5. The van der Waals surface area contributed by atoms with Gasteiger partial charge in [0.15, 0.2) is 0 Å². The number of methoxy groups -OCH3 is 1. The second kappa shape index (κ2) is 5.53. The zero-order chi connectivity index (χ0) is 7.11. The average Bonchev–Trinajstić information content (AvgIpc) is 1.85. The van der Waals surface area contributed by atoms with Crippen molar-refractivity contribution in [2.45, 2.75) is 6.04 Å². The summed E-state index contributed by atoms with van der Waals surface area (Å²) in [5.74, 6) is 0. The molecule has 4 nitrogen and oxygen atoms in total. The molecule has 0 aliphatic rings. The second-order valence-electron chi connectivity index (χ2n) is 1.73. The Morgan fingerprint density at radius 3 is 2.89 bits per heavy atom. The van der Waals surface area contributed by atoms with E-state index in [2.05, 4.69) is 4.99 Å².